The summed E-state index contributed by atoms with van der Waals surface area (Å²) in [7, 11) is 0. The second-order valence-electron chi connectivity index (χ2n) is 9.63. The van der Waals surface area contributed by atoms with Crippen LogP contribution in [0.4, 0.5) is 0 Å². The molecule has 0 N–H and O–H groups in total. The van der Waals surface area contributed by atoms with Crippen molar-refractivity contribution in [1.29, 1.82) is 0 Å². The van der Waals surface area contributed by atoms with Gasteiger partial charge in [0.1, 0.15) is 11.9 Å². The van der Waals surface area contributed by atoms with Gasteiger partial charge in [0.15, 0.2) is 0 Å². The summed E-state index contributed by atoms with van der Waals surface area (Å²) in [5.74, 6) is 3.23. The Balaban J connectivity index is 1.60. The van der Waals surface area contributed by atoms with Gasteiger partial charge in [-0.15, -0.1) is 0 Å². The third-order valence-electron chi connectivity index (χ3n) is 8.64. The molecule has 0 aromatic rings. The fraction of sp³-hybridized carbons (Fsp3) is 0.905. The van der Waals surface area contributed by atoms with Crippen LogP contribution in [0.2, 0.25) is 0 Å². The molecule has 0 amide bonds. The quantitative estimate of drug-likeness (QED) is 0.663. The molecule has 0 saturated heterocycles. The lowest BCUT2D eigenvalue weighted by Gasteiger charge is -2.59. The number of ether oxygens (including phenoxy) is 1. The van der Waals surface area contributed by atoms with Gasteiger partial charge in [-0.25, -0.2) is 0 Å². The topological polar surface area (TPSA) is 43.4 Å². The number of rotatable bonds is 1. The highest BCUT2D eigenvalue weighted by atomic mass is 16.5. The number of ketones is 1. The Morgan fingerprint density at radius 1 is 1.00 bits per heavy atom. The highest BCUT2D eigenvalue weighted by Gasteiger charge is 2.61. The van der Waals surface area contributed by atoms with Crippen molar-refractivity contribution >= 4 is 11.8 Å². The molecule has 4 saturated carbocycles. The third-order valence-corrected chi connectivity index (χ3v) is 8.64. The molecule has 0 aliphatic heterocycles. The van der Waals surface area contributed by atoms with E-state index in [0.717, 1.165) is 43.9 Å². The molecule has 4 aliphatic carbocycles. The van der Waals surface area contributed by atoms with E-state index in [4.69, 9.17) is 4.74 Å². The number of Topliss-reactive ketones (excluding diaryl/α,β-unsaturated/α-hetero) is 1. The van der Waals surface area contributed by atoms with Crippen LogP contribution in [-0.2, 0) is 14.3 Å². The average molecular weight is 332 g/mol. The first-order chi connectivity index (χ1) is 11.3. The number of carbonyl (C=O) groups excluding carboxylic acids is 2. The Hall–Kier alpha value is -0.860. The van der Waals surface area contributed by atoms with Gasteiger partial charge in [0.25, 0.3) is 0 Å². The molecule has 0 bridgehead atoms. The van der Waals surface area contributed by atoms with Gasteiger partial charge in [0.05, 0.1) is 0 Å². The van der Waals surface area contributed by atoms with Crippen molar-refractivity contribution in [2.75, 3.05) is 0 Å². The summed E-state index contributed by atoms with van der Waals surface area (Å²) in [5, 5.41) is 0. The minimum atomic E-state index is -0.127. The standard InChI is InChI=1S/C21H32O3/c1-13(22)24-19-9-8-17-16-7-5-14-4-6-15(23)12-21(14,3)18(16)10-11-20(17,19)2/h14,16-19H,4-12H2,1-3H3/t14-,16-,17-,18-,19-,20+,21+/m1/s1. The van der Waals surface area contributed by atoms with E-state index in [1.807, 2.05) is 0 Å². The molecule has 0 aromatic heterocycles. The van der Waals surface area contributed by atoms with E-state index >= 15 is 0 Å². The van der Waals surface area contributed by atoms with Crippen LogP contribution in [0, 0.1) is 34.5 Å². The second-order valence-corrected chi connectivity index (χ2v) is 9.63. The molecule has 3 nitrogen and oxygen atoms in total. The molecule has 0 heterocycles. The molecule has 4 fully saturated rings. The van der Waals surface area contributed by atoms with Crippen molar-refractivity contribution in [3.05, 3.63) is 0 Å². The van der Waals surface area contributed by atoms with Crippen LogP contribution in [-0.4, -0.2) is 17.9 Å². The summed E-state index contributed by atoms with van der Waals surface area (Å²) in [6, 6.07) is 0. The molecule has 0 radical (unpaired) electrons. The summed E-state index contributed by atoms with van der Waals surface area (Å²) in [6.45, 7) is 6.34. The highest BCUT2D eigenvalue weighted by Crippen LogP contribution is 2.66. The van der Waals surface area contributed by atoms with Gasteiger partial charge < -0.3 is 4.74 Å². The SMILES string of the molecule is CC(=O)O[C@@H]1CC[C@@H]2[C@H]3CC[C@H]4CCC(=O)C[C@]4(C)[C@@H]3CC[C@@]21C. The minimum absolute atomic E-state index is 0.111. The van der Waals surface area contributed by atoms with E-state index in [1.165, 1.54) is 25.7 Å². The predicted molar refractivity (Wildman–Crippen MR) is 92.3 cm³/mol. The molecule has 134 valence electrons. The number of fused-ring (bicyclic) bond motifs is 5. The van der Waals surface area contributed by atoms with Gasteiger partial charge in [-0.05, 0) is 74.0 Å². The Kier molecular flexibility index (Phi) is 3.85. The van der Waals surface area contributed by atoms with Gasteiger partial charge in [0.2, 0.25) is 0 Å². The van der Waals surface area contributed by atoms with E-state index in [-0.39, 0.29) is 22.9 Å². The molecule has 7 atom stereocenters. The van der Waals surface area contributed by atoms with Gasteiger partial charge in [0, 0.05) is 25.2 Å². The lowest BCUT2D eigenvalue weighted by Crippen LogP contribution is -2.54. The summed E-state index contributed by atoms with van der Waals surface area (Å²) in [6.07, 6.45) is 10.1. The van der Waals surface area contributed by atoms with Gasteiger partial charge in [-0.3, -0.25) is 9.59 Å². The Morgan fingerprint density at radius 3 is 2.50 bits per heavy atom. The van der Waals surface area contributed by atoms with E-state index in [1.54, 1.807) is 6.92 Å². The van der Waals surface area contributed by atoms with E-state index in [0.29, 0.717) is 17.6 Å². The lowest BCUT2D eigenvalue weighted by molar-refractivity contribution is -0.163. The number of esters is 1. The smallest absolute Gasteiger partial charge is 0.302 e. The maximum Gasteiger partial charge on any atom is 0.302 e. The molecule has 0 unspecified atom stereocenters. The zero-order valence-corrected chi connectivity index (χ0v) is 15.5. The zero-order chi connectivity index (χ0) is 17.1. The summed E-state index contributed by atoms with van der Waals surface area (Å²) < 4.78 is 5.72. The van der Waals surface area contributed by atoms with Crippen molar-refractivity contribution < 1.29 is 14.3 Å². The van der Waals surface area contributed by atoms with Crippen LogP contribution >= 0.6 is 0 Å². The van der Waals surface area contributed by atoms with Crippen LogP contribution in [0.3, 0.4) is 0 Å². The van der Waals surface area contributed by atoms with Gasteiger partial charge in [-0.2, -0.15) is 0 Å². The molecule has 0 aromatic carbocycles. The van der Waals surface area contributed by atoms with Crippen LogP contribution < -0.4 is 0 Å². The van der Waals surface area contributed by atoms with Crippen LogP contribution in [0.1, 0.15) is 78.6 Å². The molecular weight excluding hydrogens is 300 g/mol. The van der Waals surface area contributed by atoms with Gasteiger partial charge in [-0.1, -0.05) is 13.8 Å². The largest absolute Gasteiger partial charge is 0.462 e. The molecule has 0 spiro atoms. The van der Waals surface area contributed by atoms with Crippen molar-refractivity contribution in [1.82, 2.24) is 0 Å². The Labute approximate surface area is 145 Å². The van der Waals surface area contributed by atoms with Crippen LogP contribution in [0.15, 0.2) is 0 Å². The molecule has 3 heteroatoms. The summed E-state index contributed by atoms with van der Waals surface area (Å²) in [4.78, 5) is 23.7. The molecule has 4 aliphatic rings. The first-order valence-corrected chi connectivity index (χ1v) is 10.0. The van der Waals surface area contributed by atoms with Crippen molar-refractivity contribution in [3.63, 3.8) is 0 Å². The van der Waals surface area contributed by atoms with Crippen molar-refractivity contribution in [2.45, 2.75) is 84.7 Å². The maximum atomic E-state index is 12.2. The predicted octanol–water partition coefficient (Wildman–Crippen LogP) is 4.53. The van der Waals surface area contributed by atoms with E-state index in [9.17, 15) is 9.59 Å². The molecular formula is C21H32O3. The lowest BCUT2D eigenvalue weighted by atomic mass is 9.45. The fourth-order valence-electron chi connectivity index (χ4n) is 7.48. The highest BCUT2D eigenvalue weighted by molar-refractivity contribution is 5.80. The number of carbonyl (C=O) groups is 2. The Bertz CT molecular complexity index is 555. The molecule has 24 heavy (non-hydrogen) atoms. The first kappa shape index (κ1) is 16.6. The van der Waals surface area contributed by atoms with Crippen molar-refractivity contribution in [2.24, 2.45) is 34.5 Å². The normalized spacial score (nSPS) is 50.6. The average Bonchev–Trinajstić information content (AvgIpc) is 2.82. The monoisotopic (exact) mass is 332 g/mol. The number of hydrogen-bond acceptors (Lipinski definition) is 3. The Morgan fingerprint density at radius 2 is 1.75 bits per heavy atom. The van der Waals surface area contributed by atoms with Crippen molar-refractivity contribution in [3.8, 4) is 0 Å². The second kappa shape index (κ2) is 5.57. The van der Waals surface area contributed by atoms with Crippen LogP contribution in [0.5, 0.6) is 0 Å². The van der Waals surface area contributed by atoms with E-state index < -0.39 is 0 Å². The third kappa shape index (κ3) is 2.29. The first-order valence-electron chi connectivity index (χ1n) is 10.0. The molecule has 4 rings (SSSR count). The summed E-state index contributed by atoms with van der Waals surface area (Å²) in [5.41, 5.74) is 0.397. The van der Waals surface area contributed by atoms with Gasteiger partial charge >= 0.3 is 5.97 Å². The zero-order valence-electron chi connectivity index (χ0n) is 15.5. The minimum Gasteiger partial charge on any atom is -0.462 e. The maximum absolute atomic E-state index is 12.2. The summed E-state index contributed by atoms with van der Waals surface area (Å²) >= 11 is 0. The van der Waals surface area contributed by atoms with E-state index in [2.05, 4.69) is 13.8 Å². The van der Waals surface area contributed by atoms with Crippen LogP contribution in [0.25, 0.3) is 0 Å². The fourth-order valence-corrected chi connectivity index (χ4v) is 7.48. The number of hydrogen-bond donors (Lipinski definition) is 0.